The zero-order chi connectivity index (χ0) is 18.1. The summed E-state index contributed by atoms with van der Waals surface area (Å²) >= 11 is 0. The number of guanidine groups is 1. The number of nitrogens with zero attached hydrogens (tertiary/aromatic N) is 1. The second-order valence-corrected chi connectivity index (χ2v) is 6.82. The highest BCUT2D eigenvalue weighted by Crippen LogP contribution is 2.42. The molecule has 0 heterocycles. The van der Waals surface area contributed by atoms with E-state index in [9.17, 15) is 4.79 Å². The van der Waals surface area contributed by atoms with Crippen molar-refractivity contribution in [2.45, 2.75) is 53.0 Å². The molecule has 2 rings (SSSR count). The molecule has 1 saturated carbocycles. The maximum Gasteiger partial charge on any atom is 0.251 e. The molecule has 1 aliphatic rings. The molecule has 0 unspecified atom stereocenters. The molecular formula is C20H32N4O. The van der Waals surface area contributed by atoms with Crippen LogP contribution in [0.5, 0.6) is 0 Å². The van der Waals surface area contributed by atoms with Gasteiger partial charge in [-0.1, -0.05) is 25.5 Å². The van der Waals surface area contributed by atoms with Crippen LogP contribution in [0.1, 0.15) is 62.4 Å². The number of rotatable bonds is 8. The Kier molecular flexibility index (Phi) is 7.29. The molecular weight excluding hydrogens is 312 g/mol. The molecule has 0 atom stereocenters. The minimum atomic E-state index is -0.0340. The van der Waals surface area contributed by atoms with Crippen molar-refractivity contribution in [3.8, 4) is 0 Å². The number of benzene rings is 1. The Bertz CT molecular complexity index is 588. The van der Waals surface area contributed by atoms with E-state index in [4.69, 9.17) is 0 Å². The van der Waals surface area contributed by atoms with E-state index in [1.54, 1.807) is 0 Å². The average molecular weight is 345 g/mol. The number of hydrogen-bond donors (Lipinski definition) is 3. The molecule has 138 valence electrons. The van der Waals surface area contributed by atoms with Crippen molar-refractivity contribution in [1.29, 1.82) is 0 Å². The highest BCUT2D eigenvalue weighted by Gasteiger charge is 2.34. The van der Waals surface area contributed by atoms with Gasteiger partial charge in [-0.15, -0.1) is 0 Å². The van der Waals surface area contributed by atoms with E-state index in [0.29, 0.717) is 24.1 Å². The number of carbonyl (C=O) groups is 1. The largest absolute Gasteiger partial charge is 0.357 e. The van der Waals surface area contributed by atoms with Crippen molar-refractivity contribution >= 4 is 11.9 Å². The number of nitrogens with one attached hydrogen (secondary N) is 3. The van der Waals surface area contributed by atoms with Gasteiger partial charge in [-0.2, -0.15) is 0 Å². The number of aliphatic imine (C=N–C) groups is 1. The van der Waals surface area contributed by atoms with Crippen LogP contribution < -0.4 is 16.0 Å². The fraction of sp³-hybridized carbons (Fsp3) is 0.600. The third-order valence-corrected chi connectivity index (χ3v) is 5.09. The lowest BCUT2D eigenvalue weighted by Gasteiger charge is -2.41. The molecule has 1 aliphatic carbocycles. The quantitative estimate of drug-likeness (QED) is 0.501. The fourth-order valence-electron chi connectivity index (χ4n) is 3.19. The molecule has 25 heavy (non-hydrogen) atoms. The lowest BCUT2D eigenvalue weighted by Crippen LogP contribution is -2.46. The molecule has 1 aromatic rings. The highest BCUT2D eigenvalue weighted by molar-refractivity contribution is 5.94. The molecule has 1 aromatic carbocycles. The Hall–Kier alpha value is -2.04. The summed E-state index contributed by atoms with van der Waals surface area (Å²) in [5.74, 6) is 0.818. The van der Waals surface area contributed by atoms with Gasteiger partial charge in [0.15, 0.2) is 5.96 Å². The molecule has 0 radical (unpaired) electrons. The van der Waals surface area contributed by atoms with E-state index in [1.807, 2.05) is 31.2 Å². The van der Waals surface area contributed by atoms with Crippen molar-refractivity contribution < 1.29 is 4.79 Å². The second kappa shape index (κ2) is 9.44. The molecule has 0 bridgehead atoms. The van der Waals surface area contributed by atoms with Crippen molar-refractivity contribution in [1.82, 2.24) is 16.0 Å². The van der Waals surface area contributed by atoms with Crippen molar-refractivity contribution in [2.24, 2.45) is 10.4 Å². The van der Waals surface area contributed by atoms with E-state index >= 15 is 0 Å². The second-order valence-electron chi connectivity index (χ2n) is 6.82. The molecule has 0 aromatic heterocycles. The predicted octanol–water partition coefficient (Wildman–Crippen LogP) is 3.07. The summed E-state index contributed by atoms with van der Waals surface area (Å²) in [6.07, 6.45) is 5.18. The van der Waals surface area contributed by atoms with Gasteiger partial charge in [0.1, 0.15) is 0 Å². The summed E-state index contributed by atoms with van der Waals surface area (Å²) in [5.41, 5.74) is 2.18. The average Bonchev–Trinajstić information content (AvgIpc) is 2.59. The van der Waals surface area contributed by atoms with E-state index in [-0.39, 0.29) is 5.91 Å². The lowest BCUT2D eigenvalue weighted by molar-refractivity contribution is 0.0955. The molecule has 5 nitrogen and oxygen atoms in total. The van der Waals surface area contributed by atoms with Gasteiger partial charge in [0, 0.05) is 25.2 Å². The summed E-state index contributed by atoms with van der Waals surface area (Å²) < 4.78 is 0. The summed E-state index contributed by atoms with van der Waals surface area (Å²) in [5, 5.41) is 9.65. The lowest BCUT2D eigenvalue weighted by atomic mass is 9.67. The Balaban J connectivity index is 1.98. The first-order valence-electron chi connectivity index (χ1n) is 9.52. The normalized spacial score (nSPS) is 16.0. The third kappa shape index (κ3) is 5.48. The van der Waals surface area contributed by atoms with Crippen LogP contribution in [0.4, 0.5) is 0 Å². The van der Waals surface area contributed by atoms with Gasteiger partial charge in [0.05, 0.1) is 6.54 Å². The van der Waals surface area contributed by atoms with E-state index < -0.39 is 0 Å². The number of carbonyl (C=O) groups excluding carboxylic acids is 1. The molecule has 0 aliphatic heterocycles. The number of hydrogen-bond acceptors (Lipinski definition) is 2. The molecule has 3 N–H and O–H groups in total. The van der Waals surface area contributed by atoms with E-state index in [0.717, 1.165) is 24.6 Å². The molecule has 0 spiro atoms. The minimum absolute atomic E-state index is 0.0340. The molecule has 0 saturated heterocycles. The van der Waals surface area contributed by atoms with Crippen LogP contribution >= 0.6 is 0 Å². The van der Waals surface area contributed by atoms with Crippen molar-refractivity contribution in [3.05, 3.63) is 35.4 Å². The van der Waals surface area contributed by atoms with Gasteiger partial charge in [0.2, 0.25) is 0 Å². The van der Waals surface area contributed by atoms with Gasteiger partial charge in [-0.3, -0.25) is 4.79 Å². The zero-order valence-electron chi connectivity index (χ0n) is 15.8. The van der Waals surface area contributed by atoms with Crippen LogP contribution in [0.25, 0.3) is 0 Å². The standard InChI is InChI=1S/C20H32N4O/c1-4-20(11-8-12-20)15-24-19(22-6-3)23-14-16-9-7-10-17(13-16)18(25)21-5-2/h7,9-10,13H,4-6,8,11-12,14-15H2,1-3H3,(H,21,25)(H2,22,23,24). The van der Waals surface area contributed by atoms with Crippen LogP contribution in [0.15, 0.2) is 29.3 Å². The van der Waals surface area contributed by atoms with E-state index in [2.05, 4.69) is 34.8 Å². The Labute approximate surface area is 151 Å². The number of amides is 1. The molecule has 1 fully saturated rings. The van der Waals surface area contributed by atoms with Crippen LogP contribution in [0.3, 0.4) is 0 Å². The van der Waals surface area contributed by atoms with Gasteiger partial charge >= 0.3 is 0 Å². The smallest absolute Gasteiger partial charge is 0.251 e. The topological polar surface area (TPSA) is 65.5 Å². The Morgan fingerprint density at radius 2 is 1.88 bits per heavy atom. The maximum absolute atomic E-state index is 12.0. The van der Waals surface area contributed by atoms with Crippen LogP contribution in [-0.4, -0.2) is 31.5 Å². The van der Waals surface area contributed by atoms with E-state index in [1.165, 1.54) is 25.7 Å². The first-order chi connectivity index (χ1) is 12.1. The first kappa shape index (κ1) is 19.3. The SMILES string of the molecule is CCNC(=O)c1cccc(CN=C(NCC)NCC2(CC)CCC2)c1. The summed E-state index contributed by atoms with van der Waals surface area (Å²) in [4.78, 5) is 16.6. The van der Waals surface area contributed by atoms with Crippen LogP contribution in [0, 0.1) is 5.41 Å². The summed E-state index contributed by atoms with van der Waals surface area (Å²) in [6.45, 7) is 9.28. The fourth-order valence-corrected chi connectivity index (χ4v) is 3.19. The zero-order valence-corrected chi connectivity index (χ0v) is 15.8. The third-order valence-electron chi connectivity index (χ3n) is 5.09. The van der Waals surface area contributed by atoms with Crippen molar-refractivity contribution in [2.75, 3.05) is 19.6 Å². The minimum Gasteiger partial charge on any atom is -0.357 e. The Morgan fingerprint density at radius 3 is 2.48 bits per heavy atom. The molecule has 5 heteroatoms. The summed E-state index contributed by atoms with van der Waals surface area (Å²) in [7, 11) is 0. The van der Waals surface area contributed by atoms with Crippen LogP contribution in [-0.2, 0) is 6.54 Å². The van der Waals surface area contributed by atoms with Gasteiger partial charge in [-0.05, 0) is 56.2 Å². The van der Waals surface area contributed by atoms with Gasteiger partial charge in [0.25, 0.3) is 5.91 Å². The maximum atomic E-state index is 12.0. The monoisotopic (exact) mass is 344 g/mol. The van der Waals surface area contributed by atoms with Crippen LogP contribution in [0.2, 0.25) is 0 Å². The van der Waals surface area contributed by atoms with Crippen molar-refractivity contribution in [3.63, 3.8) is 0 Å². The predicted molar refractivity (Wildman–Crippen MR) is 104 cm³/mol. The van der Waals surface area contributed by atoms with Gasteiger partial charge < -0.3 is 16.0 Å². The molecule has 1 amide bonds. The summed E-state index contributed by atoms with van der Waals surface area (Å²) in [6, 6.07) is 7.67. The van der Waals surface area contributed by atoms with Gasteiger partial charge in [-0.25, -0.2) is 4.99 Å². The Morgan fingerprint density at radius 1 is 1.12 bits per heavy atom. The highest BCUT2D eigenvalue weighted by atomic mass is 16.1. The first-order valence-corrected chi connectivity index (χ1v) is 9.52.